The summed E-state index contributed by atoms with van der Waals surface area (Å²) in [4.78, 5) is 25.0. The number of nitriles is 1. The quantitative estimate of drug-likeness (QED) is 0.816. The van der Waals surface area contributed by atoms with Crippen molar-refractivity contribution in [3.8, 4) is 17.6 Å². The summed E-state index contributed by atoms with van der Waals surface area (Å²) in [6.45, 7) is 3.20. The van der Waals surface area contributed by atoms with Crippen molar-refractivity contribution in [2.24, 2.45) is 0 Å². The smallest absolute Gasteiger partial charge is 0.352 e. The van der Waals surface area contributed by atoms with Gasteiger partial charge in [0.2, 0.25) is 6.10 Å². The van der Waals surface area contributed by atoms with Gasteiger partial charge < -0.3 is 19.5 Å². The van der Waals surface area contributed by atoms with Gasteiger partial charge >= 0.3 is 5.97 Å². The Kier molecular flexibility index (Phi) is 5.54. The molecule has 144 valence electrons. The number of carbonyl (C=O) groups excluding carboxylic acids is 2. The normalized spacial score (nSPS) is 24.2. The van der Waals surface area contributed by atoms with E-state index in [1.807, 2.05) is 6.07 Å². The van der Waals surface area contributed by atoms with Crippen LogP contribution in [0.25, 0.3) is 0 Å². The Bertz CT molecular complexity index is 751. The van der Waals surface area contributed by atoms with E-state index >= 15 is 0 Å². The molecule has 1 N–H and O–H groups in total. The predicted molar refractivity (Wildman–Crippen MR) is 96.1 cm³/mol. The number of hydrogen-bond acceptors (Lipinski definition) is 6. The van der Waals surface area contributed by atoms with Crippen LogP contribution in [0.3, 0.4) is 0 Å². The predicted octanol–water partition coefficient (Wildman–Crippen LogP) is 2.49. The standard InChI is InChI=1S/C20H24N2O5/c1-13-17(27-16-9-5-4-8-15(16)25-13)19(24)26-14(2)18(23)22-20(12-21)10-6-3-7-11-20/h4-5,8-9,13-14,17H,3,6-7,10-11H2,1-2H3,(H,22,23). The summed E-state index contributed by atoms with van der Waals surface area (Å²) in [5.74, 6) is -0.126. The maximum Gasteiger partial charge on any atom is 0.352 e. The molecule has 3 atom stereocenters. The number of nitrogens with zero attached hydrogens (tertiary/aromatic N) is 1. The number of esters is 1. The summed E-state index contributed by atoms with van der Waals surface area (Å²) < 4.78 is 16.7. The highest BCUT2D eigenvalue weighted by molar-refractivity contribution is 5.85. The highest BCUT2D eigenvalue weighted by atomic mass is 16.6. The van der Waals surface area contributed by atoms with Gasteiger partial charge in [-0.05, 0) is 38.8 Å². The van der Waals surface area contributed by atoms with Crippen molar-refractivity contribution in [2.45, 2.75) is 69.8 Å². The van der Waals surface area contributed by atoms with Crippen LogP contribution in [-0.2, 0) is 14.3 Å². The second kappa shape index (κ2) is 7.87. The number of nitrogens with one attached hydrogen (secondary N) is 1. The van der Waals surface area contributed by atoms with Crippen LogP contribution in [0.2, 0.25) is 0 Å². The molecular weight excluding hydrogens is 348 g/mol. The highest BCUT2D eigenvalue weighted by Gasteiger charge is 2.39. The van der Waals surface area contributed by atoms with E-state index in [1.54, 1.807) is 25.1 Å². The molecule has 3 unspecified atom stereocenters. The minimum absolute atomic E-state index is 0.459. The van der Waals surface area contributed by atoms with Gasteiger partial charge in [-0.15, -0.1) is 0 Å². The van der Waals surface area contributed by atoms with Crippen molar-refractivity contribution in [1.29, 1.82) is 5.26 Å². The van der Waals surface area contributed by atoms with Crippen molar-refractivity contribution >= 4 is 11.9 Å². The molecule has 27 heavy (non-hydrogen) atoms. The van der Waals surface area contributed by atoms with E-state index in [1.165, 1.54) is 6.92 Å². The first-order chi connectivity index (χ1) is 12.9. The van der Waals surface area contributed by atoms with E-state index in [2.05, 4.69) is 11.4 Å². The molecule has 1 fully saturated rings. The van der Waals surface area contributed by atoms with Crippen LogP contribution in [-0.4, -0.2) is 35.7 Å². The van der Waals surface area contributed by atoms with E-state index in [-0.39, 0.29) is 0 Å². The van der Waals surface area contributed by atoms with Crippen molar-refractivity contribution in [3.63, 3.8) is 0 Å². The summed E-state index contributed by atoms with van der Waals surface area (Å²) in [5.41, 5.74) is -0.868. The first-order valence-electron chi connectivity index (χ1n) is 9.30. The van der Waals surface area contributed by atoms with E-state index in [4.69, 9.17) is 14.2 Å². The highest BCUT2D eigenvalue weighted by Crippen LogP contribution is 2.34. The number of benzene rings is 1. The SMILES string of the molecule is CC(OC(=O)C1Oc2ccccc2OC1C)C(=O)NC1(C#N)CCCCC1. The molecule has 1 saturated carbocycles. The second-order valence-electron chi connectivity index (χ2n) is 7.13. The molecule has 1 amide bonds. The van der Waals surface area contributed by atoms with Gasteiger partial charge in [-0.1, -0.05) is 31.4 Å². The molecule has 0 spiro atoms. The fourth-order valence-electron chi connectivity index (χ4n) is 3.43. The Hall–Kier alpha value is -2.75. The molecule has 0 radical (unpaired) electrons. The van der Waals surface area contributed by atoms with Gasteiger partial charge in [0.25, 0.3) is 5.91 Å². The summed E-state index contributed by atoms with van der Waals surface area (Å²) in [6, 6.07) is 9.28. The lowest BCUT2D eigenvalue weighted by Crippen LogP contribution is -2.53. The van der Waals surface area contributed by atoms with E-state index < -0.39 is 35.7 Å². The van der Waals surface area contributed by atoms with E-state index in [0.717, 1.165) is 19.3 Å². The van der Waals surface area contributed by atoms with Crippen LogP contribution < -0.4 is 14.8 Å². The average Bonchev–Trinajstić information content (AvgIpc) is 2.68. The summed E-state index contributed by atoms with van der Waals surface area (Å²) >= 11 is 0. The topological polar surface area (TPSA) is 97.7 Å². The van der Waals surface area contributed by atoms with Gasteiger partial charge in [0.15, 0.2) is 17.6 Å². The van der Waals surface area contributed by atoms with Gasteiger partial charge in [0.05, 0.1) is 6.07 Å². The molecule has 1 aromatic rings. The fraction of sp³-hybridized carbons (Fsp3) is 0.550. The molecule has 1 heterocycles. The minimum Gasteiger partial charge on any atom is -0.482 e. The monoisotopic (exact) mass is 372 g/mol. The summed E-state index contributed by atoms with van der Waals surface area (Å²) in [7, 11) is 0. The summed E-state index contributed by atoms with van der Waals surface area (Å²) in [6.07, 6.45) is 1.53. The van der Waals surface area contributed by atoms with Crippen LogP contribution in [0.5, 0.6) is 11.5 Å². The Morgan fingerprint density at radius 1 is 1.22 bits per heavy atom. The third-order valence-corrected chi connectivity index (χ3v) is 5.02. The molecule has 7 heteroatoms. The molecule has 7 nitrogen and oxygen atoms in total. The zero-order valence-electron chi connectivity index (χ0n) is 15.6. The van der Waals surface area contributed by atoms with Crippen molar-refractivity contribution in [2.75, 3.05) is 0 Å². The van der Waals surface area contributed by atoms with E-state index in [0.29, 0.717) is 24.3 Å². The molecule has 0 bridgehead atoms. The number of carbonyl (C=O) groups is 2. The third kappa shape index (κ3) is 4.16. The Balaban J connectivity index is 1.60. The number of ether oxygens (including phenoxy) is 3. The molecule has 1 aromatic carbocycles. The van der Waals surface area contributed by atoms with Crippen molar-refractivity contribution in [3.05, 3.63) is 24.3 Å². The van der Waals surface area contributed by atoms with Gasteiger partial charge in [0.1, 0.15) is 11.6 Å². The lowest BCUT2D eigenvalue weighted by Gasteiger charge is -2.33. The number of hydrogen-bond donors (Lipinski definition) is 1. The lowest BCUT2D eigenvalue weighted by molar-refractivity contribution is -0.166. The Morgan fingerprint density at radius 2 is 1.85 bits per heavy atom. The van der Waals surface area contributed by atoms with Crippen LogP contribution in [0.1, 0.15) is 46.0 Å². The van der Waals surface area contributed by atoms with Crippen molar-refractivity contribution < 1.29 is 23.8 Å². The van der Waals surface area contributed by atoms with Gasteiger partial charge in [0, 0.05) is 0 Å². The molecule has 1 aliphatic carbocycles. The fourth-order valence-corrected chi connectivity index (χ4v) is 3.43. The zero-order valence-corrected chi connectivity index (χ0v) is 15.6. The van der Waals surface area contributed by atoms with Gasteiger partial charge in [-0.25, -0.2) is 4.79 Å². The minimum atomic E-state index is -1.03. The number of rotatable bonds is 4. The van der Waals surface area contributed by atoms with Crippen LogP contribution in [0.15, 0.2) is 24.3 Å². The van der Waals surface area contributed by atoms with Gasteiger partial charge in [-0.3, -0.25) is 4.79 Å². The Labute approximate surface area is 158 Å². The van der Waals surface area contributed by atoms with E-state index in [9.17, 15) is 14.9 Å². The molecule has 1 aliphatic heterocycles. The maximum absolute atomic E-state index is 12.5. The van der Waals surface area contributed by atoms with Gasteiger partial charge in [-0.2, -0.15) is 5.26 Å². The number of para-hydroxylation sites is 2. The number of amides is 1. The molecule has 2 aliphatic rings. The lowest BCUT2D eigenvalue weighted by atomic mass is 9.83. The van der Waals surface area contributed by atoms with Crippen LogP contribution in [0.4, 0.5) is 0 Å². The third-order valence-electron chi connectivity index (χ3n) is 5.02. The largest absolute Gasteiger partial charge is 0.482 e. The molecule has 3 rings (SSSR count). The molecule has 0 saturated heterocycles. The maximum atomic E-state index is 12.5. The Morgan fingerprint density at radius 3 is 2.48 bits per heavy atom. The first kappa shape index (κ1) is 19.0. The molecular formula is C20H24N2O5. The second-order valence-corrected chi connectivity index (χ2v) is 7.13. The molecule has 0 aromatic heterocycles. The average molecular weight is 372 g/mol. The number of fused-ring (bicyclic) bond motifs is 1. The van der Waals surface area contributed by atoms with Crippen LogP contribution in [0, 0.1) is 11.3 Å². The van der Waals surface area contributed by atoms with Crippen LogP contribution >= 0.6 is 0 Å². The first-order valence-corrected chi connectivity index (χ1v) is 9.30. The summed E-state index contributed by atoms with van der Waals surface area (Å²) in [5, 5.41) is 12.2. The zero-order chi connectivity index (χ0) is 19.4. The van der Waals surface area contributed by atoms with Crippen molar-refractivity contribution in [1.82, 2.24) is 5.32 Å².